The van der Waals surface area contributed by atoms with E-state index in [0.717, 1.165) is 16.7 Å². The van der Waals surface area contributed by atoms with Gasteiger partial charge in [-0.25, -0.2) is 9.78 Å². The molecule has 0 saturated carbocycles. The Bertz CT molecular complexity index is 2260. The van der Waals surface area contributed by atoms with E-state index >= 15 is 0 Å². The van der Waals surface area contributed by atoms with Gasteiger partial charge in [0.2, 0.25) is 23.6 Å². The van der Waals surface area contributed by atoms with Gasteiger partial charge >= 0.3 is 5.97 Å². The molecule has 16 heteroatoms. The van der Waals surface area contributed by atoms with Crippen molar-refractivity contribution in [3.63, 3.8) is 0 Å². The van der Waals surface area contributed by atoms with Crippen molar-refractivity contribution in [2.45, 2.75) is 51.0 Å². The van der Waals surface area contributed by atoms with Crippen LogP contribution in [0.4, 0.5) is 5.69 Å². The van der Waals surface area contributed by atoms with Gasteiger partial charge in [0.1, 0.15) is 12.6 Å². The SMILES string of the molecule is CC[C@@]1(O)C(=O)OCc2c1cc1n(c2=O)Cc2c-1nc1ccc(NC(=O)CNC(=O)[C@H](Cc3ccccc3)NC(=O)CNC(=O)CN)c3c1c2CCO3. The molecule has 0 spiro atoms. The van der Waals surface area contributed by atoms with Crippen molar-refractivity contribution < 1.29 is 38.6 Å². The molecule has 2 atom stereocenters. The number of nitrogens with one attached hydrogen (secondary N) is 4. The third-order valence-corrected chi connectivity index (χ3v) is 9.78. The van der Waals surface area contributed by atoms with Crippen LogP contribution in [0.2, 0.25) is 0 Å². The minimum Gasteiger partial charge on any atom is -0.490 e. The van der Waals surface area contributed by atoms with E-state index in [1.54, 1.807) is 54.0 Å². The summed E-state index contributed by atoms with van der Waals surface area (Å²) in [6, 6.07) is 13.0. The fourth-order valence-corrected chi connectivity index (χ4v) is 7.05. The molecular formula is C37H37N7O9. The number of pyridine rings is 2. The zero-order chi connectivity index (χ0) is 37.4. The summed E-state index contributed by atoms with van der Waals surface area (Å²) in [6.45, 7) is 0.841. The van der Waals surface area contributed by atoms with Crippen LogP contribution in [-0.2, 0) is 60.3 Å². The Morgan fingerprint density at radius 1 is 0.981 bits per heavy atom. The summed E-state index contributed by atoms with van der Waals surface area (Å²) in [5, 5.41) is 22.2. The van der Waals surface area contributed by atoms with Crippen molar-refractivity contribution in [1.29, 1.82) is 0 Å². The summed E-state index contributed by atoms with van der Waals surface area (Å²) in [5.74, 6) is -2.68. The van der Waals surface area contributed by atoms with Crippen molar-refractivity contribution in [2.24, 2.45) is 5.73 Å². The Kier molecular flexibility index (Phi) is 9.40. The summed E-state index contributed by atoms with van der Waals surface area (Å²) in [4.78, 5) is 81.6. The monoisotopic (exact) mass is 723 g/mol. The van der Waals surface area contributed by atoms with Crippen LogP contribution in [0.15, 0.2) is 53.3 Å². The first-order chi connectivity index (χ1) is 25.5. The van der Waals surface area contributed by atoms with Gasteiger partial charge in [0.05, 0.1) is 60.9 Å². The number of anilines is 1. The third kappa shape index (κ3) is 6.46. The highest BCUT2D eigenvalue weighted by Gasteiger charge is 2.45. The molecule has 0 fully saturated rings. The number of aliphatic hydroxyl groups is 1. The van der Waals surface area contributed by atoms with E-state index < -0.39 is 47.8 Å². The smallest absolute Gasteiger partial charge is 0.343 e. The number of aromatic nitrogens is 2. The lowest BCUT2D eigenvalue weighted by Crippen LogP contribution is -2.51. The highest BCUT2D eigenvalue weighted by atomic mass is 16.6. The first-order valence-electron chi connectivity index (χ1n) is 17.2. The third-order valence-electron chi connectivity index (χ3n) is 9.78. The molecule has 2 aromatic carbocycles. The number of fused-ring (bicyclic) bond motifs is 5. The van der Waals surface area contributed by atoms with Crippen LogP contribution in [0.3, 0.4) is 0 Å². The predicted molar refractivity (Wildman–Crippen MR) is 190 cm³/mol. The summed E-state index contributed by atoms with van der Waals surface area (Å²) in [6.07, 6.45) is 0.679. The summed E-state index contributed by atoms with van der Waals surface area (Å²) < 4.78 is 12.8. The fraction of sp³-hybridized carbons (Fsp3) is 0.324. The summed E-state index contributed by atoms with van der Waals surface area (Å²) in [5.41, 5.74) is 7.89. The second-order valence-electron chi connectivity index (χ2n) is 13.0. The van der Waals surface area contributed by atoms with Crippen molar-refractivity contribution in [1.82, 2.24) is 25.5 Å². The molecule has 274 valence electrons. The number of amides is 4. The van der Waals surface area contributed by atoms with E-state index in [1.807, 2.05) is 6.07 Å². The van der Waals surface area contributed by atoms with Crippen molar-refractivity contribution in [2.75, 3.05) is 31.6 Å². The van der Waals surface area contributed by atoms with Crippen LogP contribution in [0.5, 0.6) is 5.75 Å². The number of ether oxygens (including phenoxy) is 2. The molecule has 7 N–H and O–H groups in total. The van der Waals surface area contributed by atoms with E-state index in [0.29, 0.717) is 40.1 Å². The van der Waals surface area contributed by atoms with Crippen molar-refractivity contribution in [3.8, 4) is 17.1 Å². The van der Waals surface area contributed by atoms with Crippen LogP contribution in [0, 0.1) is 0 Å². The predicted octanol–water partition coefficient (Wildman–Crippen LogP) is -0.128. The maximum absolute atomic E-state index is 13.7. The maximum atomic E-state index is 13.7. The van der Waals surface area contributed by atoms with Gasteiger partial charge in [-0.2, -0.15) is 0 Å². The molecule has 16 nitrogen and oxygen atoms in total. The van der Waals surface area contributed by atoms with Gasteiger partial charge < -0.3 is 46.1 Å². The Morgan fingerprint density at radius 3 is 2.51 bits per heavy atom. The number of cyclic esters (lactones) is 1. The van der Waals surface area contributed by atoms with Gasteiger partial charge in [-0.05, 0) is 35.7 Å². The van der Waals surface area contributed by atoms with E-state index in [4.69, 9.17) is 20.2 Å². The molecule has 0 saturated heterocycles. The van der Waals surface area contributed by atoms with Crippen molar-refractivity contribution in [3.05, 3.63) is 86.7 Å². The lowest BCUT2D eigenvalue weighted by atomic mass is 9.86. The molecule has 0 radical (unpaired) electrons. The Labute approximate surface area is 302 Å². The van der Waals surface area contributed by atoms with Gasteiger partial charge in [-0.1, -0.05) is 37.3 Å². The number of carbonyl (C=O) groups excluding carboxylic acids is 5. The van der Waals surface area contributed by atoms with Gasteiger partial charge in [-0.15, -0.1) is 0 Å². The highest BCUT2D eigenvalue weighted by Crippen LogP contribution is 2.45. The number of esters is 1. The minimum atomic E-state index is -1.94. The molecule has 0 aliphatic carbocycles. The normalized spacial score (nSPS) is 17.0. The standard InChI is InChI=1S/C37H37N7O9/c1-2-37(51)23-13-27-32-21(17-44(27)35(49)22(23)18-53-36(37)50)20-10-11-52-33-25(9-8-24(43-32)31(20)33)41-30(47)16-40-34(48)26(12-19-6-4-3-5-7-19)42-29(46)15-39-28(45)14-38/h3-9,13,26,51H,2,10-12,14-18,38H2,1H3,(H,39,45)(H,40,48)(H,41,47)(H,42,46)/t26-,37-/m0/s1. The Morgan fingerprint density at radius 2 is 1.75 bits per heavy atom. The van der Waals surface area contributed by atoms with Crippen LogP contribution in [0.25, 0.3) is 22.3 Å². The quantitative estimate of drug-likeness (QED) is 0.0983. The van der Waals surface area contributed by atoms with Crippen LogP contribution in [0.1, 0.15) is 41.2 Å². The molecule has 0 bridgehead atoms. The first-order valence-corrected chi connectivity index (χ1v) is 17.2. The number of hydrogen-bond acceptors (Lipinski definition) is 11. The fourth-order valence-electron chi connectivity index (χ4n) is 7.05. The molecule has 4 amide bonds. The average molecular weight is 724 g/mol. The molecule has 2 aromatic heterocycles. The topological polar surface area (TPSA) is 233 Å². The molecule has 5 heterocycles. The summed E-state index contributed by atoms with van der Waals surface area (Å²) >= 11 is 0. The Hall–Kier alpha value is -6.13. The average Bonchev–Trinajstić information content (AvgIpc) is 3.54. The van der Waals surface area contributed by atoms with Gasteiger partial charge in [0.25, 0.3) is 5.56 Å². The number of benzene rings is 2. The molecule has 3 aliphatic heterocycles. The van der Waals surface area contributed by atoms with Crippen LogP contribution < -0.4 is 37.3 Å². The van der Waals surface area contributed by atoms with Gasteiger partial charge in [0.15, 0.2) is 11.4 Å². The molecule has 0 unspecified atom stereocenters. The molecule has 53 heavy (non-hydrogen) atoms. The van der Waals surface area contributed by atoms with E-state index in [-0.39, 0.29) is 62.4 Å². The van der Waals surface area contributed by atoms with Gasteiger partial charge in [0, 0.05) is 29.4 Å². The second kappa shape index (κ2) is 14.1. The number of nitrogens with zero attached hydrogens (tertiary/aromatic N) is 2. The summed E-state index contributed by atoms with van der Waals surface area (Å²) in [7, 11) is 0. The number of carbonyl (C=O) groups is 5. The second-order valence-corrected chi connectivity index (χ2v) is 13.0. The van der Waals surface area contributed by atoms with Crippen LogP contribution in [-0.4, -0.2) is 76.5 Å². The lowest BCUT2D eigenvalue weighted by Gasteiger charge is -2.31. The van der Waals surface area contributed by atoms with Crippen molar-refractivity contribution >= 4 is 46.2 Å². The minimum absolute atomic E-state index is 0.0329. The zero-order valence-electron chi connectivity index (χ0n) is 28.7. The zero-order valence-corrected chi connectivity index (χ0v) is 28.7. The van der Waals surface area contributed by atoms with E-state index in [2.05, 4.69) is 21.3 Å². The largest absolute Gasteiger partial charge is 0.490 e. The molecule has 4 aromatic rings. The molecular weight excluding hydrogens is 686 g/mol. The highest BCUT2D eigenvalue weighted by molar-refractivity contribution is 6.03. The number of hydrogen-bond donors (Lipinski definition) is 6. The maximum Gasteiger partial charge on any atom is 0.343 e. The lowest BCUT2D eigenvalue weighted by molar-refractivity contribution is -0.172. The number of rotatable bonds is 11. The van der Waals surface area contributed by atoms with Crippen LogP contribution >= 0.6 is 0 Å². The molecule has 3 aliphatic rings. The van der Waals surface area contributed by atoms with E-state index in [9.17, 15) is 33.9 Å². The first kappa shape index (κ1) is 35.3. The number of nitrogens with two attached hydrogens (primary N) is 1. The molecule has 7 rings (SSSR count). The van der Waals surface area contributed by atoms with Gasteiger partial charge in [-0.3, -0.25) is 24.0 Å². The van der Waals surface area contributed by atoms with E-state index in [1.165, 1.54) is 0 Å². The Balaban J connectivity index is 1.11.